The van der Waals surface area contributed by atoms with Gasteiger partial charge in [-0.1, -0.05) is 41.4 Å². The molecule has 118 valence electrons. The largest absolute Gasteiger partial charge is 0.454 e. The SMILES string of the molecule is Cc1ccc(C)c(C(=O)COC(=O)C=Cc2ccc(Cl)cc2)c1. The molecule has 0 fully saturated rings. The maximum Gasteiger partial charge on any atom is 0.331 e. The molecule has 0 spiro atoms. The number of hydrogen-bond donors (Lipinski definition) is 0. The summed E-state index contributed by atoms with van der Waals surface area (Å²) in [4.78, 5) is 23.8. The Balaban J connectivity index is 1.92. The smallest absolute Gasteiger partial charge is 0.331 e. The van der Waals surface area contributed by atoms with Crippen LogP contribution in [0.1, 0.15) is 27.0 Å². The Hall–Kier alpha value is -2.39. The van der Waals surface area contributed by atoms with Gasteiger partial charge in [0.05, 0.1) is 0 Å². The van der Waals surface area contributed by atoms with Crippen LogP contribution < -0.4 is 0 Å². The number of esters is 1. The van der Waals surface area contributed by atoms with E-state index in [9.17, 15) is 9.59 Å². The van der Waals surface area contributed by atoms with Gasteiger partial charge in [0, 0.05) is 16.7 Å². The average molecular weight is 329 g/mol. The number of rotatable bonds is 5. The summed E-state index contributed by atoms with van der Waals surface area (Å²) >= 11 is 5.79. The highest BCUT2D eigenvalue weighted by molar-refractivity contribution is 6.30. The molecule has 0 heterocycles. The highest BCUT2D eigenvalue weighted by Crippen LogP contribution is 2.12. The standard InChI is InChI=1S/C19H17ClO3/c1-13-3-4-14(2)17(11-13)18(21)12-23-19(22)10-7-15-5-8-16(20)9-6-15/h3-11H,12H2,1-2H3. The lowest BCUT2D eigenvalue weighted by Gasteiger charge is -2.06. The van der Waals surface area contributed by atoms with E-state index in [0.29, 0.717) is 10.6 Å². The number of Topliss-reactive ketones (excluding diaryl/α,β-unsaturated/α-hetero) is 1. The van der Waals surface area contributed by atoms with Crippen LogP contribution in [0.2, 0.25) is 5.02 Å². The second kappa shape index (κ2) is 7.75. The van der Waals surface area contributed by atoms with Gasteiger partial charge in [-0.25, -0.2) is 4.79 Å². The van der Waals surface area contributed by atoms with E-state index >= 15 is 0 Å². The summed E-state index contributed by atoms with van der Waals surface area (Å²) in [6, 6.07) is 12.7. The van der Waals surface area contributed by atoms with Gasteiger partial charge in [-0.2, -0.15) is 0 Å². The fourth-order valence-corrected chi connectivity index (χ4v) is 2.16. The lowest BCUT2D eigenvalue weighted by Crippen LogP contribution is -2.13. The highest BCUT2D eigenvalue weighted by Gasteiger charge is 2.11. The molecule has 0 aliphatic rings. The van der Waals surface area contributed by atoms with Crippen LogP contribution in [0.4, 0.5) is 0 Å². The molecular formula is C19H17ClO3. The van der Waals surface area contributed by atoms with Gasteiger partial charge in [0.1, 0.15) is 0 Å². The minimum Gasteiger partial charge on any atom is -0.454 e. The van der Waals surface area contributed by atoms with Crippen molar-refractivity contribution < 1.29 is 14.3 Å². The van der Waals surface area contributed by atoms with Crippen molar-refractivity contribution in [2.75, 3.05) is 6.61 Å². The minimum atomic E-state index is -0.557. The van der Waals surface area contributed by atoms with Gasteiger partial charge in [-0.15, -0.1) is 0 Å². The third kappa shape index (κ3) is 5.08. The first-order valence-corrected chi connectivity index (χ1v) is 7.54. The molecule has 2 aromatic rings. The summed E-state index contributed by atoms with van der Waals surface area (Å²) < 4.78 is 5.00. The molecule has 2 aromatic carbocycles. The number of carbonyl (C=O) groups excluding carboxylic acids is 2. The summed E-state index contributed by atoms with van der Waals surface area (Å²) in [5, 5.41) is 0.629. The van der Waals surface area contributed by atoms with E-state index in [-0.39, 0.29) is 12.4 Å². The molecule has 0 aromatic heterocycles. The summed E-state index contributed by atoms with van der Waals surface area (Å²) in [5.74, 6) is -0.766. The molecule has 0 amide bonds. The normalized spacial score (nSPS) is 10.7. The monoisotopic (exact) mass is 328 g/mol. The molecule has 0 radical (unpaired) electrons. The fourth-order valence-electron chi connectivity index (χ4n) is 2.04. The molecule has 0 aliphatic heterocycles. The summed E-state index contributed by atoms with van der Waals surface area (Å²) in [7, 11) is 0. The van der Waals surface area contributed by atoms with Crippen LogP contribution in [0, 0.1) is 13.8 Å². The predicted octanol–water partition coefficient (Wildman–Crippen LogP) is 4.40. The summed E-state index contributed by atoms with van der Waals surface area (Å²) in [6.07, 6.45) is 2.90. The number of halogens is 1. The number of carbonyl (C=O) groups is 2. The van der Waals surface area contributed by atoms with Crippen molar-refractivity contribution in [3.8, 4) is 0 Å². The number of hydrogen-bond acceptors (Lipinski definition) is 3. The summed E-state index contributed by atoms with van der Waals surface area (Å²) in [5.41, 5.74) is 3.27. The van der Waals surface area contributed by atoms with E-state index in [2.05, 4.69) is 0 Å². The third-order valence-corrected chi connectivity index (χ3v) is 3.57. The second-order valence-electron chi connectivity index (χ2n) is 5.23. The molecule has 0 N–H and O–H groups in total. The van der Waals surface area contributed by atoms with Crippen molar-refractivity contribution >= 4 is 29.4 Å². The van der Waals surface area contributed by atoms with E-state index in [1.165, 1.54) is 6.08 Å². The Morgan fingerprint density at radius 2 is 1.78 bits per heavy atom. The van der Waals surface area contributed by atoms with Gasteiger partial charge in [0.2, 0.25) is 5.78 Å². The van der Waals surface area contributed by atoms with Crippen molar-refractivity contribution in [2.45, 2.75) is 13.8 Å². The number of ketones is 1. The van der Waals surface area contributed by atoms with E-state index in [1.54, 1.807) is 36.4 Å². The first-order chi connectivity index (χ1) is 11.0. The maximum absolute atomic E-state index is 12.1. The zero-order chi connectivity index (χ0) is 16.8. The van der Waals surface area contributed by atoms with Crippen LogP contribution in [0.15, 0.2) is 48.5 Å². The Labute approximate surface area is 140 Å². The molecule has 3 nitrogen and oxygen atoms in total. The molecule has 23 heavy (non-hydrogen) atoms. The van der Waals surface area contributed by atoms with Crippen LogP contribution in [0.5, 0.6) is 0 Å². The zero-order valence-electron chi connectivity index (χ0n) is 13.0. The maximum atomic E-state index is 12.1. The first-order valence-electron chi connectivity index (χ1n) is 7.16. The topological polar surface area (TPSA) is 43.4 Å². The first kappa shape index (κ1) is 17.0. The number of benzene rings is 2. The quantitative estimate of drug-likeness (QED) is 0.464. The van der Waals surface area contributed by atoms with Crippen LogP contribution in [-0.2, 0) is 9.53 Å². The Morgan fingerprint density at radius 1 is 1.09 bits per heavy atom. The van der Waals surface area contributed by atoms with E-state index in [0.717, 1.165) is 16.7 Å². The lowest BCUT2D eigenvalue weighted by atomic mass is 10.0. The van der Waals surface area contributed by atoms with E-state index in [1.807, 2.05) is 26.0 Å². The Kier molecular flexibility index (Phi) is 5.72. The molecule has 0 aliphatic carbocycles. The predicted molar refractivity (Wildman–Crippen MR) is 91.7 cm³/mol. The number of aryl methyl sites for hydroxylation is 2. The summed E-state index contributed by atoms with van der Waals surface area (Å²) in [6.45, 7) is 3.50. The van der Waals surface area contributed by atoms with Crippen molar-refractivity contribution in [1.82, 2.24) is 0 Å². The highest BCUT2D eigenvalue weighted by atomic mass is 35.5. The van der Waals surface area contributed by atoms with Crippen molar-refractivity contribution in [2.24, 2.45) is 0 Å². The Bertz CT molecular complexity index is 746. The second-order valence-corrected chi connectivity index (χ2v) is 5.67. The van der Waals surface area contributed by atoms with E-state index < -0.39 is 5.97 Å². The molecule has 4 heteroatoms. The molecule has 0 saturated carbocycles. The van der Waals surface area contributed by atoms with Crippen LogP contribution >= 0.6 is 11.6 Å². The number of ether oxygens (including phenoxy) is 1. The minimum absolute atomic E-state index is 0.209. The van der Waals surface area contributed by atoms with Gasteiger partial charge in [-0.3, -0.25) is 4.79 Å². The lowest BCUT2D eigenvalue weighted by molar-refractivity contribution is -0.136. The van der Waals surface area contributed by atoms with Gasteiger partial charge < -0.3 is 4.74 Å². The Morgan fingerprint density at radius 3 is 2.48 bits per heavy atom. The molecular weight excluding hydrogens is 312 g/mol. The van der Waals surface area contributed by atoms with Gasteiger partial charge >= 0.3 is 5.97 Å². The van der Waals surface area contributed by atoms with Gasteiger partial charge in [0.15, 0.2) is 6.61 Å². The fraction of sp³-hybridized carbons (Fsp3) is 0.158. The van der Waals surface area contributed by atoms with Crippen LogP contribution in [0.3, 0.4) is 0 Å². The zero-order valence-corrected chi connectivity index (χ0v) is 13.8. The van der Waals surface area contributed by atoms with Gasteiger partial charge in [-0.05, 0) is 49.2 Å². The van der Waals surface area contributed by atoms with E-state index in [4.69, 9.17) is 16.3 Å². The molecule has 0 unspecified atom stereocenters. The van der Waals surface area contributed by atoms with Crippen molar-refractivity contribution in [3.63, 3.8) is 0 Å². The molecule has 0 saturated heterocycles. The van der Waals surface area contributed by atoms with Gasteiger partial charge in [0.25, 0.3) is 0 Å². The van der Waals surface area contributed by atoms with Crippen molar-refractivity contribution in [1.29, 1.82) is 0 Å². The van der Waals surface area contributed by atoms with Crippen LogP contribution in [0.25, 0.3) is 6.08 Å². The third-order valence-electron chi connectivity index (χ3n) is 3.32. The molecule has 0 atom stereocenters. The molecule has 0 bridgehead atoms. The average Bonchev–Trinajstić information content (AvgIpc) is 2.54. The molecule has 2 rings (SSSR count). The van der Waals surface area contributed by atoms with Crippen LogP contribution in [-0.4, -0.2) is 18.4 Å². The van der Waals surface area contributed by atoms with Crippen molar-refractivity contribution in [3.05, 3.63) is 75.8 Å².